The van der Waals surface area contributed by atoms with Crippen molar-refractivity contribution in [2.45, 2.75) is 26.6 Å². The predicted octanol–water partition coefficient (Wildman–Crippen LogP) is 13.2. The van der Waals surface area contributed by atoms with Gasteiger partial charge in [-0.2, -0.15) is 0 Å². The molecule has 0 aliphatic heterocycles. The zero-order valence-corrected chi connectivity index (χ0v) is 37.2. The van der Waals surface area contributed by atoms with Crippen molar-refractivity contribution in [1.29, 1.82) is 0 Å². The second kappa shape index (κ2) is 15.6. The Morgan fingerprint density at radius 3 is 2.22 bits per heavy atom. The van der Waals surface area contributed by atoms with Crippen LogP contribution in [-0.4, -0.2) is 27.6 Å². The van der Waals surface area contributed by atoms with Crippen molar-refractivity contribution in [3.63, 3.8) is 0 Å². The van der Waals surface area contributed by atoms with Gasteiger partial charge in [-0.05, 0) is 53.3 Å². The minimum Gasteiger partial charge on any atom is -0.486 e. The number of hydrogen-bond donors (Lipinski definition) is 0. The van der Waals surface area contributed by atoms with Crippen molar-refractivity contribution in [3.8, 4) is 39.6 Å². The summed E-state index contributed by atoms with van der Waals surface area (Å²) in [5.74, 6) is 0.795. The van der Waals surface area contributed by atoms with E-state index >= 15 is 0 Å². The van der Waals surface area contributed by atoms with E-state index in [-0.39, 0.29) is 20.1 Å². The van der Waals surface area contributed by atoms with Crippen LogP contribution in [0.25, 0.3) is 92.9 Å². The fourth-order valence-electron chi connectivity index (χ4n) is 7.66. The van der Waals surface area contributed by atoms with Crippen LogP contribution in [0.4, 0.5) is 0 Å². The standard InChI is InChI=1S/C37H22N3OS.C14H16NSi.Ir/c1-22-15-17-28(35-34(22)27-19-20-29(39-37(27)41-35)23-9-3-2-4-10-23)36-38-30-12-6-7-13-31(30)40(36)24-16-18-26-25-11-5-8-14-32(25)42-33(26)21-24;1-16(2,3)13-9-10-14(15-11-13)12-7-5-4-6-8-12;/h2-16,18-21H,1H3;4-7,9-11H,1-3H3;/q2*-1;. The first kappa shape index (κ1) is 38.5. The molecule has 0 unspecified atom stereocenters. The second-order valence-electron chi connectivity index (χ2n) is 15.6. The summed E-state index contributed by atoms with van der Waals surface area (Å²) in [6.45, 7) is 9.09. The number of fused-ring (bicyclic) bond motifs is 7. The number of hydrogen-bond acceptors (Lipinski definition) is 5. The molecule has 5 aromatic heterocycles. The summed E-state index contributed by atoms with van der Waals surface area (Å²) in [4.78, 5) is 14.6. The van der Waals surface area contributed by atoms with Crippen molar-refractivity contribution in [2.24, 2.45) is 0 Å². The van der Waals surface area contributed by atoms with Gasteiger partial charge < -0.3 is 14.0 Å². The molecule has 1 radical (unpaired) electrons. The Morgan fingerprint density at radius 1 is 0.678 bits per heavy atom. The number of para-hydroxylation sites is 2. The van der Waals surface area contributed by atoms with Gasteiger partial charge >= 0.3 is 0 Å². The number of thiophene rings is 1. The van der Waals surface area contributed by atoms with Gasteiger partial charge in [-0.1, -0.05) is 116 Å². The van der Waals surface area contributed by atoms with Crippen LogP contribution in [0.5, 0.6) is 0 Å². The van der Waals surface area contributed by atoms with Gasteiger partial charge in [0.1, 0.15) is 0 Å². The van der Waals surface area contributed by atoms with Crippen LogP contribution >= 0.6 is 11.3 Å². The van der Waals surface area contributed by atoms with Crippen molar-refractivity contribution in [2.75, 3.05) is 0 Å². The van der Waals surface area contributed by atoms with E-state index in [2.05, 4.69) is 145 Å². The first-order valence-electron chi connectivity index (χ1n) is 19.4. The Kier molecular flexibility index (Phi) is 10.2. The Labute approximate surface area is 361 Å². The van der Waals surface area contributed by atoms with Crippen molar-refractivity contribution < 1.29 is 24.5 Å². The number of aryl methyl sites for hydroxylation is 1. The van der Waals surface area contributed by atoms with Gasteiger partial charge in [-0.3, -0.25) is 4.98 Å². The molecule has 11 aromatic rings. The van der Waals surface area contributed by atoms with Gasteiger partial charge in [0.05, 0.1) is 36.2 Å². The quantitative estimate of drug-likeness (QED) is 0.127. The van der Waals surface area contributed by atoms with E-state index in [1.165, 1.54) is 25.4 Å². The molecule has 0 amide bonds. The summed E-state index contributed by atoms with van der Waals surface area (Å²) < 4.78 is 11.4. The molecule has 0 aliphatic rings. The van der Waals surface area contributed by atoms with Gasteiger partial charge in [0.25, 0.3) is 0 Å². The molecule has 0 aliphatic carbocycles. The third-order valence-electron chi connectivity index (χ3n) is 10.7. The molecule has 289 valence electrons. The normalized spacial score (nSPS) is 11.6. The molecule has 0 N–H and O–H groups in total. The van der Waals surface area contributed by atoms with Crippen LogP contribution in [0, 0.1) is 19.1 Å². The van der Waals surface area contributed by atoms with Crippen molar-refractivity contribution in [1.82, 2.24) is 19.5 Å². The maximum Gasteiger partial charge on any atom is 0.216 e. The average Bonchev–Trinajstić information content (AvgIpc) is 3.96. The summed E-state index contributed by atoms with van der Waals surface area (Å²) in [6.07, 6.45) is 2.02. The maximum atomic E-state index is 6.58. The van der Waals surface area contributed by atoms with Crippen LogP contribution in [0.3, 0.4) is 0 Å². The Balaban J connectivity index is 0.000000224. The molecule has 0 saturated carbocycles. The maximum absolute atomic E-state index is 6.58. The SMILES string of the molecule is C[Si](C)(C)c1ccc(-c2[c-]cccc2)nc1.Cc1c[c-]c(-c2nc3ccccc3n2-c2ccc3c(c2)sc2ccccc23)c2oc3nc(-c4ccccc4)ccc3c12.[Ir]. The molecular weight excluding hydrogens is 937 g/mol. The van der Waals surface area contributed by atoms with Crippen molar-refractivity contribution >= 4 is 77.9 Å². The number of imidazole rings is 1. The van der Waals surface area contributed by atoms with E-state index < -0.39 is 8.07 Å². The van der Waals surface area contributed by atoms with E-state index in [0.29, 0.717) is 5.71 Å². The third-order valence-corrected chi connectivity index (χ3v) is 13.9. The fourth-order valence-corrected chi connectivity index (χ4v) is 9.83. The molecule has 11 rings (SSSR count). The second-order valence-corrected chi connectivity index (χ2v) is 21.7. The minimum atomic E-state index is -1.23. The topological polar surface area (TPSA) is 56.7 Å². The smallest absolute Gasteiger partial charge is 0.216 e. The number of furan rings is 1. The molecule has 0 spiro atoms. The Morgan fingerprint density at radius 2 is 1.42 bits per heavy atom. The van der Waals surface area contributed by atoms with Gasteiger partial charge in [0.2, 0.25) is 5.71 Å². The molecule has 0 saturated heterocycles. The van der Waals surface area contributed by atoms with Crippen LogP contribution in [0.15, 0.2) is 162 Å². The van der Waals surface area contributed by atoms with E-state index in [9.17, 15) is 0 Å². The van der Waals surface area contributed by atoms with Crippen LogP contribution in [-0.2, 0) is 20.1 Å². The van der Waals surface area contributed by atoms with Crippen LogP contribution in [0.2, 0.25) is 19.6 Å². The molecule has 5 heterocycles. The van der Waals surface area contributed by atoms with E-state index in [1.54, 1.807) is 0 Å². The summed E-state index contributed by atoms with van der Waals surface area (Å²) in [7, 11) is -1.23. The number of aromatic nitrogens is 4. The van der Waals surface area contributed by atoms with Crippen LogP contribution in [0.1, 0.15) is 5.56 Å². The molecular formula is C51H38IrN4OSSi-2. The van der Waals surface area contributed by atoms with Gasteiger partial charge in [0, 0.05) is 63.1 Å². The fraction of sp³-hybridized carbons (Fsp3) is 0.0784. The molecule has 59 heavy (non-hydrogen) atoms. The number of pyridine rings is 2. The van der Waals surface area contributed by atoms with E-state index in [1.807, 2.05) is 72.1 Å². The Hall–Kier alpha value is -6.02. The first-order valence-corrected chi connectivity index (χ1v) is 23.7. The van der Waals surface area contributed by atoms with E-state index in [4.69, 9.17) is 14.4 Å². The first-order chi connectivity index (χ1) is 28.3. The summed E-state index contributed by atoms with van der Waals surface area (Å²) in [6, 6.07) is 58.9. The molecule has 0 bridgehead atoms. The summed E-state index contributed by atoms with van der Waals surface area (Å²) in [5, 5.41) is 5.99. The zero-order chi connectivity index (χ0) is 39.4. The molecule has 0 atom stereocenters. The molecule has 5 nitrogen and oxygen atoms in total. The summed E-state index contributed by atoms with van der Waals surface area (Å²) >= 11 is 1.82. The monoisotopic (exact) mass is 975 g/mol. The molecule has 6 aromatic carbocycles. The minimum absolute atomic E-state index is 0. The third kappa shape index (κ3) is 7.13. The average molecular weight is 975 g/mol. The number of nitrogens with zero attached hydrogens (tertiary/aromatic N) is 4. The zero-order valence-electron chi connectivity index (χ0n) is 32.9. The molecule has 8 heteroatoms. The summed E-state index contributed by atoms with van der Waals surface area (Å²) in [5.41, 5.74) is 10.3. The largest absolute Gasteiger partial charge is 0.486 e. The van der Waals surface area contributed by atoms with E-state index in [0.717, 1.165) is 72.5 Å². The van der Waals surface area contributed by atoms with Gasteiger partial charge in [-0.25, -0.2) is 4.98 Å². The Bertz CT molecular complexity index is 3280. The van der Waals surface area contributed by atoms with Gasteiger partial charge in [-0.15, -0.1) is 64.9 Å². The number of rotatable bonds is 5. The van der Waals surface area contributed by atoms with Crippen molar-refractivity contribution in [3.05, 3.63) is 176 Å². The predicted molar refractivity (Wildman–Crippen MR) is 245 cm³/mol. The number of benzene rings is 6. The van der Waals surface area contributed by atoms with Gasteiger partial charge in [0.15, 0.2) is 0 Å². The molecule has 0 fully saturated rings. The van der Waals surface area contributed by atoms with Crippen LogP contribution < -0.4 is 5.19 Å².